The van der Waals surface area contributed by atoms with Crippen LogP contribution in [0.25, 0.3) is 0 Å². The van der Waals surface area contributed by atoms with Crippen LogP contribution >= 0.6 is 0 Å². The minimum atomic E-state index is -4.80. The van der Waals surface area contributed by atoms with Gasteiger partial charge in [0, 0.05) is 6.42 Å². The molecule has 23 heavy (non-hydrogen) atoms. The first-order valence-electron chi connectivity index (χ1n) is 7.01. The Kier molecular flexibility index (Phi) is 6.18. The zero-order chi connectivity index (χ0) is 17.7. The fraction of sp³-hybridized carbons (Fsp3) is 0.500. The molecule has 0 heterocycles. The van der Waals surface area contributed by atoms with Gasteiger partial charge in [-0.2, -0.15) is 13.2 Å². The highest BCUT2D eigenvalue weighted by Crippen LogP contribution is 2.20. The van der Waals surface area contributed by atoms with Gasteiger partial charge in [-0.05, 0) is 44.9 Å². The van der Waals surface area contributed by atoms with E-state index in [4.69, 9.17) is 9.47 Å². The van der Waals surface area contributed by atoms with Crippen LogP contribution in [-0.2, 0) is 20.7 Å². The van der Waals surface area contributed by atoms with Gasteiger partial charge in [0.05, 0.1) is 0 Å². The summed E-state index contributed by atoms with van der Waals surface area (Å²) in [5.41, 5.74) is -0.0257. The number of aryl methyl sites for hydroxylation is 1. The molecule has 1 aromatic carbocycles. The van der Waals surface area contributed by atoms with Crippen LogP contribution in [-0.4, -0.2) is 30.1 Å². The number of hydrogen-bond acceptors (Lipinski definition) is 4. The smallest absolute Gasteiger partial charge is 0.449 e. The predicted molar refractivity (Wildman–Crippen MR) is 77.2 cm³/mol. The molecule has 7 heteroatoms. The number of alkyl halides is 3. The number of rotatable bonds is 6. The van der Waals surface area contributed by atoms with E-state index in [1.54, 1.807) is 32.9 Å². The Morgan fingerprint density at radius 2 is 1.61 bits per heavy atom. The molecule has 0 fully saturated rings. The summed E-state index contributed by atoms with van der Waals surface area (Å²) in [6.07, 6.45) is -5.40. The second-order valence-corrected chi connectivity index (χ2v) is 5.94. The molecule has 0 aliphatic heterocycles. The molecule has 1 aromatic rings. The Morgan fingerprint density at radius 1 is 1.04 bits per heavy atom. The van der Waals surface area contributed by atoms with Gasteiger partial charge in [0.25, 0.3) is 0 Å². The van der Waals surface area contributed by atoms with Gasteiger partial charge >= 0.3 is 12.1 Å². The van der Waals surface area contributed by atoms with Crippen LogP contribution in [0.2, 0.25) is 0 Å². The van der Waals surface area contributed by atoms with Crippen molar-refractivity contribution in [2.75, 3.05) is 6.61 Å². The van der Waals surface area contributed by atoms with Crippen molar-refractivity contribution >= 4 is 11.8 Å². The molecule has 0 saturated heterocycles. The van der Waals surface area contributed by atoms with Crippen molar-refractivity contribution in [2.45, 2.75) is 45.4 Å². The molecule has 0 atom stereocenters. The fourth-order valence-electron chi connectivity index (χ4n) is 1.67. The van der Waals surface area contributed by atoms with Gasteiger partial charge in [0.2, 0.25) is 5.78 Å². The summed E-state index contributed by atoms with van der Waals surface area (Å²) in [7, 11) is 0. The molecule has 0 aliphatic carbocycles. The molecule has 1 rings (SSSR count). The molecular weight excluding hydrogens is 313 g/mol. The molecule has 0 aliphatic rings. The number of Topliss-reactive ketones (excluding diaryl/α,β-unsaturated/α-hetero) is 1. The highest BCUT2D eigenvalue weighted by molar-refractivity contribution is 5.84. The van der Waals surface area contributed by atoms with Gasteiger partial charge in [0.1, 0.15) is 11.4 Å². The van der Waals surface area contributed by atoms with Gasteiger partial charge in [-0.3, -0.25) is 4.79 Å². The Balaban J connectivity index is 2.45. The summed E-state index contributed by atoms with van der Waals surface area (Å²) in [5.74, 6) is -1.87. The van der Waals surface area contributed by atoms with E-state index in [2.05, 4.69) is 0 Å². The standard InChI is InChI=1S/C16H19F3O4/c1-15(2,3)23-14(21)10-22-12-7-4-11(5-8-12)6-9-13(20)16(17,18)19/h4-5,7-8H,6,9-10H2,1-3H3. The van der Waals surface area contributed by atoms with E-state index in [0.29, 0.717) is 11.3 Å². The van der Waals surface area contributed by atoms with Crippen LogP contribution in [0.15, 0.2) is 24.3 Å². The molecular formula is C16H19F3O4. The number of carbonyl (C=O) groups is 2. The number of ether oxygens (including phenoxy) is 2. The molecule has 0 spiro atoms. The van der Waals surface area contributed by atoms with Gasteiger partial charge in [0.15, 0.2) is 6.61 Å². The second-order valence-electron chi connectivity index (χ2n) is 5.94. The summed E-state index contributed by atoms with van der Waals surface area (Å²) in [6.45, 7) is 4.95. The third kappa shape index (κ3) is 7.67. The van der Waals surface area contributed by atoms with E-state index in [0.717, 1.165) is 0 Å². The third-order valence-electron chi connectivity index (χ3n) is 2.66. The number of esters is 1. The molecule has 128 valence electrons. The number of carbonyl (C=O) groups excluding carboxylic acids is 2. The third-order valence-corrected chi connectivity index (χ3v) is 2.66. The van der Waals surface area contributed by atoms with Crippen molar-refractivity contribution in [3.05, 3.63) is 29.8 Å². The number of ketones is 1. The van der Waals surface area contributed by atoms with Gasteiger partial charge in [-0.15, -0.1) is 0 Å². The Bertz CT molecular complexity index is 542. The Labute approximate surface area is 132 Å². The molecule has 4 nitrogen and oxygen atoms in total. The van der Waals surface area contributed by atoms with Crippen LogP contribution < -0.4 is 4.74 Å². The van der Waals surface area contributed by atoms with E-state index in [1.165, 1.54) is 12.1 Å². The molecule has 0 radical (unpaired) electrons. The maximum Gasteiger partial charge on any atom is 0.449 e. The van der Waals surface area contributed by atoms with Crippen LogP contribution in [0.4, 0.5) is 13.2 Å². The average molecular weight is 332 g/mol. The zero-order valence-electron chi connectivity index (χ0n) is 13.2. The van der Waals surface area contributed by atoms with Crippen molar-refractivity contribution in [1.82, 2.24) is 0 Å². The van der Waals surface area contributed by atoms with Crippen molar-refractivity contribution in [3.63, 3.8) is 0 Å². The van der Waals surface area contributed by atoms with Gasteiger partial charge in [-0.1, -0.05) is 12.1 Å². The molecule has 0 amide bonds. The first kappa shape index (κ1) is 19.0. The lowest BCUT2D eigenvalue weighted by molar-refractivity contribution is -0.171. The molecule has 0 unspecified atom stereocenters. The van der Waals surface area contributed by atoms with Crippen molar-refractivity contribution in [3.8, 4) is 5.75 Å². The van der Waals surface area contributed by atoms with E-state index in [9.17, 15) is 22.8 Å². The average Bonchev–Trinajstić information content (AvgIpc) is 2.40. The molecule has 0 saturated carbocycles. The lowest BCUT2D eigenvalue weighted by Gasteiger charge is -2.19. The summed E-state index contributed by atoms with van der Waals surface area (Å²) in [5, 5.41) is 0. The van der Waals surface area contributed by atoms with Crippen LogP contribution in [0.1, 0.15) is 32.8 Å². The first-order chi connectivity index (χ1) is 10.5. The number of hydrogen-bond donors (Lipinski definition) is 0. The van der Waals surface area contributed by atoms with Gasteiger partial charge < -0.3 is 9.47 Å². The monoisotopic (exact) mass is 332 g/mol. The van der Waals surface area contributed by atoms with E-state index in [1.807, 2.05) is 0 Å². The summed E-state index contributed by atoms with van der Waals surface area (Å²) < 4.78 is 46.6. The Hall–Kier alpha value is -2.05. The van der Waals surface area contributed by atoms with Crippen molar-refractivity contribution in [1.29, 1.82) is 0 Å². The largest absolute Gasteiger partial charge is 0.482 e. The number of halogens is 3. The fourth-order valence-corrected chi connectivity index (χ4v) is 1.67. The molecule has 0 aromatic heterocycles. The Morgan fingerprint density at radius 3 is 2.09 bits per heavy atom. The van der Waals surface area contributed by atoms with Gasteiger partial charge in [-0.25, -0.2) is 4.79 Å². The number of benzene rings is 1. The quantitative estimate of drug-likeness (QED) is 0.749. The van der Waals surface area contributed by atoms with Crippen LogP contribution in [0.5, 0.6) is 5.75 Å². The van der Waals surface area contributed by atoms with Crippen LogP contribution in [0.3, 0.4) is 0 Å². The highest BCUT2D eigenvalue weighted by Gasteiger charge is 2.37. The van der Waals surface area contributed by atoms with Crippen molar-refractivity contribution < 1.29 is 32.2 Å². The lowest BCUT2D eigenvalue weighted by atomic mass is 10.1. The SMILES string of the molecule is CC(C)(C)OC(=O)COc1ccc(CCC(=O)C(F)(F)F)cc1. The van der Waals surface area contributed by atoms with Crippen molar-refractivity contribution in [2.24, 2.45) is 0 Å². The summed E-state index contributed by atoms with van der Waals surface area (Å²) >= 11 is 0. The first-order valence-corrected chi connectivity index (χ1v) is 7.01. The van der Waals surface area contributed by atoms with Crippen LogP contribution in [0, 0.1) is 0 Å². The molecule has 0 bridgehead atoms. The second kappa shape index (κ2) is 7.48. The minimum absolute atomic E-state index is 0.00924. The topological polar surface area (TPSA) is 52.6 Å². The maximum absolute atomic E-state index is 12.1. The normalized spacial score (nSPS) is 11.9. The van der Waals surface area contributed by atoms with E-state index in [-0.39, 0.29) is 13.0 Å². The predicted octanol–water partition coefficient (Wildman–Crippen LogP) is 3.47. The van der Waals surface area contributed by atoms with E-state index < -0.39 is 30.0 Å². The lowest BCUT2D eigenvalue weighted by Crippen LogP contribution is -2.27. The molecule has 0 N–H and O–H groups in total. The van der Waals surface area contributed by atoms with E-state index >= 15 is 0 Å². The highest BCUT2D eigenvalue weighted by atomic mass is 19.4. The summed E-state index contributed by atoms with van der Waals surface area (Å²) in [4.78, 5) is 22.3. The minimum Gasteiger partial charge on any atom is -0.482 e. The summed E-state index contributed by atoms with van der Waals surface area (Å²) in [6, 6.07) is 6.15. The maximum atomic E-state index is 12.1. The zero-order valence-corrected chi connectivity index (χ0v) is 13.2.